The second-order valence-corrected chi connectivity index (χ2v) is 6.57. The fourth-order valence-electron chi connectivity index (χ4n) is 3.41. The van der Waals surface area contributed by atoms with E-state index < -0.39 is 0 Å². The highest BCUT2D eigenvalue weighted by atomic mass is 16.3. The second kappa shape index (κ2) is 6.65. The molecule has 1 N–H and O–H groups in total. The van der Waals surface area contributed by atoms with Gasteiger partial charge in [-0.3, -0.25) is 4.90 Å². The number of hydrogen-bond acceptors (Lipinski definition) is 3. The third kappa shape index (κ3) is 3.29. The predicted molar refractivity (Wildman–Crippen MR) is 95.8 cm³/mol. The van der Waals surface area contributed by atoms with Gasteiger partial charge in [0.25, 0.3) is 0 Å². The standard InChI is InChI=1S/C20H23N3O/c1-15-4-6-18(24-15)7-5-16-8-11-23(12-9-16)14-17-13-22-20-19(17)3-2-10-21-20/h2-4,6,8,10,13H,5,7,9,11-12,14H2,1H3,(H,21,22). The smallest absolute Gasteiger partial charge is 0.137 e. The van der Waals surface area contributed by atoms with E-state index in [-0.39, 0.29) is 0 Å². The zero-order chi connectivity index (χ0) is 16.4. The second-order valence-electron chi connectivity index (χ2n) is 6.57. The number of pyridine rings is 1. The molecule has 0 amide bonds. The van der Waals surface area contributed by atoms with Crippen molar-refractivity contribution in [2.24, 2.45) is 0 Å². The number of aryl methyl sites for hydroxylation is 2. The van der Waals surface area contributed by atoms with Crippen molar-refractivity contribution in [1.82, 2.24) is 14.9 Å². The third-order valence-electron chi connectivity index (χ3n) is 4.81. The molecule has 0 bridgehead atoms. The molecule has 4 heteroatoms. The van der Waals surface area contributed by atoms with Crippen molar-refractivity contribution < 1.29 is 4.42 Å². The zero-order valence-corrected chi connectivity index (χ0v) is 14.1. The van der Waals surface area contributed by atoms with Crippen molar-refractivity contribution >= 4 is 11.0 Å². The Morgan fingerprint density at radius 1 is 1.25 bits per heavy atom. The highest BCUT2D eigenvalue weighted by Crippen LogP contribution is 2.22. The lowest BCUT2D eigenvalue weighted by Crippen LogP contribution is -2.28. The number of H-pyrrole nitrogens is 1. The maximum Gasteiger partial charge on any atom is 0.137 e. The average molecular weight is 321 g/mol. The van der Waals surface area contributed by atoms with Gasteiger partial charge in [-0.15, -0.1) is 0 Å². The molecular formula is C20H23N3O. The van der Waals surface area contributed by atoms with Crippen LogP contribution in [0.15, 0.2) is 52.7 Å². The molecule has 0 aromatic carbocycles. The van der Waals surface area contributed by atoms with Gasteiger partial charge in [0, 0.05) is 43.8 Å². The molecule has 0 aliphatic carbocycles. The molecule has 24 heavy (non-hydrogen) atoms. The van der Waals surface area contributed by atoms with Crippen molar-refractivity contribution in [2.45, 2.75) is 32.7 Å². The number of nitrogens with one attached hydrogen (secondary N) is 1. The monoisotopic (exact) mass is 321 g/mol. The van der Waals surface area contributed by atoms with Crippen molar-refractivity contribution in [2.75, 3.05) is 13.1 Å². The van der Waals surface area contributed by atoms with E-state index in [0.717, 1.165) is 56.1 Å². The lowest BCUT2D eigenvalue weighted by molar-refractivity contribution is 0.285. The van der Waals surface area contributed by atoms with Gasteiger partial charge in [-0.05, 0) is 49.6 Å². The van der Waals surface area contributed by atoms with Gasteiger partial charge in [0.1, 0.15) is 17.2 Å². The fourth-order valence-corrected chi connectivity index (χ4v) is 3.41. The van der Waals surface area contributed by atoms with Crippen LogP contribution in [0, 0.1) is 6.92 Å². The molecule has 1 aliphatic rings. The Balaban J connectivity index is 1.34. The van der Waals surface area contributed by atoms with Crippen LogP contribution < -0.4 is 0 Å². The molecule has 124 valence electrons. The van der Waals surface area contributed by atoms with Crippen LogP contribution in [0.25, 0.3) is 11.0 Å². The first-order valence-electron chi connectivity index (χ1n) is 8.64. The first-order valence-corrected chi connectivity index (χ1v) is 8.64. The number of hydrogen-bond donors (Lipinski definition) is 1. The zero-order valence-electron chi connectivity index (χ0n) is 14.1. The van der Waals surface area contributed by atoms with Gasteiger partial charge >= 0.3 is 0 Å². The van der Waals surface area contributed by atoms with E-state index in [1.807, 2.05) is 25.3 Å². The van der Waals surface area contributed by atoms with E-state index in [0.29, 0.717) is 0 Å². The fraction of sp³-hybridized carbons (Fsp3) is 0.350. The maximum absolute atomic E-state index is 5.66. The van der Waals surface area contributed by atoms with Gasteiger partial charge in [0.2, 0.25) is 0 Å². The summed E-state index contributed by atoms with van der Waals surface area (Å²) in [6, 6.07) is 8.29. The van der Waals surface area contributed by atoms with Crippen LogP contribution in [-0.2, 0) is 13.0 Å². The summed E-state index contributed by atoms with van der Waals surface area (Å²) in [5.41, 5.74) is 3.87. The lowest BCUT2D eigenvalue weighted by Gasteiger charge is -2.26. The largest absolute Gasteiger partial charge is 0.466 e. The summed E-state index contributed by atoms with van der Waals surface area (Å²) < 4.78 is 5.66. The summed E-state index contributed by atoms with van der Waals surface area (Å²) in [4.78, 5) is 10.1. The molecule has 4 rings (SSSR count). The van der Waals surface area contributed by atoms with Gasteiger partial charge in [-0.2, -0.15) is 0 Å². The molecule has 0 atom stereocenters. The summed E-state index contributed by atoms with van der Waals surface area (Å²) in [5.74, 6) is 2.10. The van der Waals surface area contributed by atoms with Gasteiger partial charge in [-0.1, -0.05) is 11.6 Å². The van der Waals surface area contributed by atoms with Crippen LogP contribution in [0.3, 0.4) is 0 Å². The van der Waals surface area contributed by atoms with Crippen LogP contribution in [0.5, 0.6) is 0 Å². The summed E-state index contributed by atoms with van der Waals surface area (Å²) in [5, 5.41) is 1.24. The number of rotatable bonds is 5. The van der Waals surface area contributed by atoms with Gasteiger partial charge < -0.3 is 9.40 Å². The summed E-state index contributed by atoms with van der Waals surface area (Å²) >= 11 is 0. The minimum Gasteiger partial charge on any atom is -0.466 e. The number of aromatic amines is 1. The molecule has 4 nitrogen and oxygen atoms in total. The average Bonchev–Trinajstić information content (AvgIpc) is 3.21. The molecule has 0 saturated carbocycles. The van der Waals surface area contributed by atoms with Crippen molar-refractivity contribution in [3.05, 3.63) is 65.4 Å². The van der Waals surface area contributed by atoms with Crippen LogP contribution in [0.2, 0.25) is 0 Å². The van der Waals surface area contributed by atoms with Crippen LogP contribution >= 0.6 is 0 Å². The van der Waals surface area contributed by atoms with Gasteiger partial charge in [0.05, 0.1) is 0 Å². The van der Waals surface area contributed by atoms with Crippen molar-refractivity contribution in [3.8, 4) is 0 Å². The molecule has 0 saturated heterocycles. The summed E-state index contributed by atoms with van der Waals surface area (Å²) in [7, 11) is 0. The molecule has 3 aromatic heterocycles. The molecule has 1 aliphatic heterocycles. The van der Waals surface area contributed by atoms with E-state index >= 15 is 0 Å². The SMILES string of the molecule is Cc1ccc(CCC2=CCN(Cc3c[nH]c4ncccc34)CC2)o1. The Morgan fingerprint density at radius 3 is 3.00 bits per heavy atom. The first-order chi connectivity index (χ1) is 11.8. The van der Waals surface area contributed by atoms with E-state index in [1.165, 1.54) is 10.9 Å². The minimum absolute atomic E-state index is 0.979. The van der Waals surface area contributed by atoms with E-state index in [9.17, 15) is 0 Å². The van der Waals surface area contributed by atoms with Crippen molar-refractivity contribution in [3.63, 3.8) is 0 Å². The maximum atomic E-state index is 5.66. The highest BCUT2D eigenvalue weighted by molar-refractivity contribution is 5.79. The lowest BCUT2D eigenvalue weighted by atomic mass is 10.0. The third-order valence-corrected chi connectivity index (χ3v) is 4.81. The van der Waals surface area contributed by atoms with E-state index in [1.54, 1.807) is 5.57 Å². The van der Waals surface area contributed by atoms with E-state index in [2.05, 4.69) is 39.3 Å². The number of aromatic nitrogens is 2. The first kappa shape index (κ1) is 15.2. The molecule has 0 unspecified atom stereocenters. The quantitative estimate of drug-likeness (QED) is 0.715. The molecular weight excluding hydrogens is 298 g/mol. The van der Waals surface area contributed by atoms with Crippen LogP contribution in [0.4, 0.5) is 0 Å². The number of nitrogens with zero attached hydrogens (tertiary/aromatic N) is 2. The Kier molecular flexibility index (Phi) is 4.22. The van der Waals surface area contributed by atoms with Crippen molar-refractivity contribution in [1.29, 1.82) is 0 Å². The normalized spacial score (nSPS) is 15.8. The Morgan fingerprint density at radius 2 is 2.21 bits per heavy atom. The summed E-state index contributed by atoms with van der Waals surface area (Å²) in [6.45, 7) is 5.13. The summed E-state index contributed by atoms with van der Waals surface area (Å²) in [6.07, 6.45) is 9.59. The Hall–Kier alpha value is -2.33. The predicted octanol–water partition coefficient (Wildman–Crippen LogP) is 4.23. The Bertz CT molecular complexity index is 859. The molecule has 4 heterocycles. The molecule has 0 fully saturated rings. The number of fused-ring (bicyclic) bond motifs is 1. The number of furan rings is 1. The molecule has 3 aromatic rings. The topological polar surface area (TPSA) is 45.1 Å². The highest BCUT2D eigenvalue weighted by Gasteiger charge is 2.14. The van der Waals surface area contributed by atoms with Gasteiger partial charge in [0.15, 0.2) is 0 Å². The van der Waals surface area contributed by atoms with E-state index in [4.69, 9.17) is 4.42 Å². The van der Waals surface area contributed by atoms with Crippen LogP contribution in [-0.4, -0.2) is 28.0 Å². The van der Waals surface area contributed by atoms with Gasteiger partial charge in [-0.25, -0.2) is 4.98 Å². The molecule has 0 radical (unpaired) electrons. The minimum atomic E-state index is 0.979. The Labute approximate surface area is 142 Å². The molecule has 0 spiro atoms. The van der Waals surface area contributed by atoms with Crippen LogP contribution in [0.1, 0.15) is 29.9 Å².